The number of anilines is 1. The van der Waals surface area contributed by atoms with Gasteiger partial charge >= 0.3 is 0 Å². The minimum atomic E-state index is -0.260. The fraction of sp³-hybridized carbons (Fsp3) is 0.222. The second-order valence-electron chi connectivity index (χ2n) is 5.97. The average molecular weight is 384 g/mol. The molecule has 0 aliphatic heterocycles. The lowest BCUT2D eigenvalue weighted by atomic mass is 10.2. The molecule has 1 aromatic carbocycles. The second kappa shape index (κ2) is 6.30. The van der Waals surface area contributed by atoms with E-state index in [2.05, 4.69) is 15.3 Å². The van der Waals surface area contributed by atoms with Gasteiger partial charge in [0, 0.05) is 6.54 Å². The number of aromatic nitrogens is 3. The molecule has 0 saturated heterocycles. The molecule has 1 N–H and O–H groups in total. The molecule has 0 spiro atoms. The number of hydrogen-bond donors (Lipinski definition) is 1. The molecule has 0 aliphatic rings. The van der Waals surface area contributed by atoms with Gasteiger partial charge in [-0.25, -0.2) is 9.97 Å². The molecule has 0 bridgehead atoms. The quantitative estimate of drug-likeness (QED) is 0.580. The van der Waals surface area contributed by atoms with Crippen LogP contribution in [0, 0.1) is 13.8 Å². The fourth-order valence-electron chi connectivity index (χ4n) is 2.89. The summed E-state index contributed by atoms with van der Waals surface area (Å²) in [6.45, 7) is 6.22. The molecule has 4 aromatic rings. The first-order valence-corrected chi connectivity index (χ1v) is 9.79. The van der Waals surface area contributed by atoms with E-state index in [1.807, 2.05) is 32.0 Å². The summed E-state index contributed by atoms with van der Waals surface area (Å²) in [5.41, 5.74) is 2.52. The van der Waals surface area contributed by atoms with Gasteiger partial charge in [-0.05, 0) is 38.0 Å². The van der Waals surface area contributed by atoms with Crippen LogP contribution in [0.3, 0.4) is 0 Å². The van der Waals surface area contributed by atoms with Crippen molar-refractivity contribution in [1.29, 1.82) is 0 Å². The molecule has 0 aliphatic carbocycles. The third-order valence-electron chi connectivity index (χ3n) is 4.31. The number of aryl methyl sites for hydroxylation is 3. The summed E-state index contributed by atoms with van der Waals surface area (Å²) in [5.74, 6) is -0.260. The van der Waals surface area contributed by atoms with Crippen molar-refractivity contribution in [3.05, 3.63) is 50.9 Å². The summed E-state index contributed by atoms with van der Waals surface area (Å²) in [6, 6.07) is 5.95. The zero-order valence-corrected chi connectivity index (χ0v) is 16.1. The van der Waals surface area contributed by atoms with Crippen molar-refractivity contribution < 1.29 is 4.79 Å². The van der Waals surface area contributed by atoms with Gasteiger partial charge in [-0.3, -0.25) is 19.5 Å². The van der Waals surface area contributed by atoms with Crippen molar-refractivity contribution in [2.75, 3.05) is 5.32 Å². The van der Waals surface area contributed by atoms with Crippen LogP contribution in [0.25, 0.3) is 20.4 Å². The molecule has 0 radical (unpaired) electrons. The summed E-state index contributed by atoms with van der Waals surface area (Å²) in [5, 5.41) is 3.94. The Bertz CT molecular complexity index is 1220. The van der Waals surface area contributed by atoms with Gasteiger partial charge in [0.1, 0.15) is 4.83 Å². The number of thiazole rings is 1. The lowest BCUT2D eigenvalue weighted by Gasteiger charge is -2.01. The molecule has 3 aromatic heterocycles. The van der Waals surface area contributed by atoms with Gasteiger partial charge in [0.25, 0.3) is 11.5 Å². The van der Waals surface area contributed by atoms with E-state index in [0.29, 0.717) is 32.3 Å². The molecule has 1 amide bonds. The highest BCUT2D eigenvalue weighted by Crippen LogP contribution is 2.31. The zero-order valence-electron chi connectivity index (χ0n) is 14.5. The number of benzene rings is 1. The third kappa shape index (κ3) is 2.62. The SMILES string of the molecule is CCn1cnc2sc(C(=O)Nc3nc4c(C)cccc4s3)c(C)c2c1=O. The molecule has 0 fully saturated rings. The van der Waals surface area contributed by atoms with Gasteiger partial charge in [0.15, 0.2) is 5.13 Å². The highest BCUT2D eigenvalue weighted by atomic mass is 32.1. The minimum absolute atomic E-state index is 0.110. The first-order valence-electron chi connectivity index (χ1n) is 8.15. The van der Waals surface area contributed by atoms with Crippen LogP contribution < -0.4 is 10.9 Å². The largest absolute Gasteiger partial charge is 0.299 e. The third-order valence-corrected chi connectivity index (χ3v) is 6.44. The van der Waals surface area contributed by atoms with E-state index in [9.17, 15) is 9.59 Å². The van der Waals surface area contributed by atoms with Crippen molar-refractivity contribution in [2.45, 2.75) is 27.3 Å². The maximum atomic E-state index is 12.8. The minimum Gasteiger partial charge on any atom is -0.299 e. The van der Waals surface area contributed by atoms with Gasteiger partial charge < -0.3 is 0 Å². The normalized spacial score (nSPS) is 11.3. The van der Waals surface area contributed by atoms with Crippen LogP contribution in [0.5, 0.6) is 0 Å². The van der Waals surface area contributed by atoms with E-state index in [-0.39, 0.29) is 11.5 Å². The maximum absolute atomic E-state index is 12.8. The standard InChI is InChI=1S/C18H16N4O2S2/c1-4-22-8-19-16-12(17(22)24)10(3)14(26-16)15(23)21-18-20-13-9(2)6-5-7-11(13)25-18/h5-8H,4H2,1-3H3,(H,20,21,23). The molecule has 0 saturated carbocycles. The number of amides is 1. The summed E-state index contributed by atoms with van der Waals surface area (Å²) in [6.07, 6.45) is 1.53. The number of fused-ring (bicyclic) bond motifs is 2. The number of nitrogens with one attached hydrogen (secondary N) is 1. The predicted molar refractivity (Wildman–Crippen MR) is 107 cm³/mol. The average Bonchev–Trinajstić information content (AvgIpc) is 3.17. The lowest BCUT2D eigenvalue weighted by molar-refractivity contribution is 0.103. The van der Waals surface area contributed by atoms with Crippen LogP contribution in [0.4, 0.5) is 5.13 Å². The molecule has 8 heteroatoms. The van der Waals surface area contributed by atoms with Gasteiger partial charge in [0.05, 0.1) is 26.8 Å². The topological polar surface area (TPSA) is 76.9 Å². The molecule has 6 nitrogen and oxygen atoms in total. The maximum Gasteiger partial charge on any atom is 0.267 e. The van der Waals surface area contributed by atoms with Gasteiger partial charge in [-0.1, -0.05) is 23.5 Å². The van der Waals surface area contributed by atoms with E-state index in [0.717, 1.165) is 15.8 Å². The number of hydrogen-bond acceptors (Lipinski definition) is 6. The van der Waals surface area contributed by atoms with E-state index >= 15 is 0 Å². The second-order valence-corrected chi connectivity index (χ2v) is 8.00. The number of carbonyl (C=O) groups excluding carboxylic acids is 1. The Hall–Kier alpha value is -2.58. The Morgan fingerprint density at radius 2 is 2.08 bits per heavy atom. The monoisotopic (exact) mass is 384 g/mol. The first kappa shape index (κ1) is 16.9. The van der Waals surface area contributed by atoms with Crippen LogP contribution in [-0.2, 0) is 6.54 Å². The summed E-state index contributed by atoms with van der Waals surface area (Å²) >= 11 is 2.67. The van der Waals surface area contributed by atoms with Crippen molar-refractivity contribution in [3.8, 4) is 0 Å². The fourth-order valence-corrected chi connectivity index (χ4v) is 4.87. The number of rotatable bonds is 3. The van der Waals surface area contributed by atoms with Gasteiger partial charge in [0.2, 0.25) is 0 Å². The molecule has 132 valence electrons. The predicted octanol–water partition coefficient (Wildman–Crippen LogP) is 3.96. The van der Waals surface area contributed by atoms with Crippen LogP contribution >= 0.6 is 22.7 Å². The Kier molecular flexibility index (Phi) is 4.08. The Morgan fingerprint density at radius 3 is 2.81 bits per heavy atom. The van der Waals surface area contributed by atoms with Crippen LogP contribution in [0.2, 0.25) is 0 Å². The number of para-hydroxylation sites is 1. The number of thiophene rings is 1. The van der Waals surface area contributed by atoms with Crippen molar-refractivity contribution in [3.63, 3.8) is 0 Å². The summed E-state index contributed by atoms with van der Waals surface area (Å²) < 4.78 is 2.57. The Labute approximate surface area is 157 Å². The van der Waals surface area contributed by atoms with E-state index in [4.69, 9.17) is 0 Å². The zero-order chi connectivity index (χ0) is 18.4. The molecular formula is C18H16N4O2S2. The van der Waals surface area contributed by atoms with Crippen molar-refractivity contribution >= 4 is 54.1 Å². The van der Waals surface area contributed by atoms with E-state index in [1.165, 1.54) is 29.0 Å². The molecule has 26 heavy (non-hydrogen) atoms. The molecule has 4 rings (SSSR count). The molecule has 3 heterocycles. The number of nitrogens with zero attached hydrogens (tertiary/aromatic N) is 3. The van der Waals surface area contributed by atoms with Crippen LogP contribution in [-0.4, -0.2) is 20.4 Å². The molecule has 0 atom stereocenters. The van der Waals surface area contributed by atoms with Crippen LogP contribution in [0.15, 0.2) is 29.3 Å². The molecule has 0 unspecified atom stereocenters. The van der Waals surface area contributed by atoms with E-state index in [1.54, 1.807) is 11.5 Å². The van der Waals surface area contributed by atoms with Gasteiger partial charge in [-0.15, -0.1) is 11.3 Å². The lowest BCUT2D eigenvalue weighted by Crippen LogP contribution is -2.19. The van der Waals surface area contributed by atoms with Crippen molar-refractivity contribution in [1.82, 2.24) is 14.5 Å². The highest BCUT2D eigenvalue weighted by Gasteiger charge is 2.20. The Balaban J connectivity index is 1.74. The van der Waals surface area contributed by atoms with E-state index < -0.39 is 0 Å². The smallest absolute Gasteiger partial charge is 0.267 e. The molecular weight excluding hydrogens is 368 g/mol. The summed E-state index contributed by atoms with van der Waals surface area (Å²) in [4.78, 5) is 35.2. The van der Waals surface area contributed by atoms with Crippen LogP contribution in [0.1, 0.15) is 27.7 Å². The number of carbonyl (C=O) groups is 1. The van der Waals surface area contributed by atoms with Gasteiger partial charge in [-0.2, -0.15) is 0 Å². The Morgan fingerprint density at radius 1 is 1.27 bits per heavy atom. The summed E-state index contributed by atoms with van der Waals surface area (Å²) in [7, 11) is 0. The first-order chi connectivity index (χ1) is 12.5. The van der Waals surface area contributed by atoms with Crippen molar-refractivity contribution in [2.24, 2.45) is 0 Å². The highest BCUT2D eigenvalue weighted by molar-refractivity contribution is 7.23.